The average Bonchev–Trinajstić information content (AvgIpc) is 3.45. The summed E-state index contributed by atoms with van der Waals surface area (Å²) in [6.45, 7) is 2.44. The van der Waals surface area contributed by atoms with E-state index in [-0.39, 0.29) is 49.3 Å². The summed E-state index contributed by atoms with van der Waals surface area (Å²) in [6, 6.07) is 6.21. The quantitative estimate of drug-likeness (QED) is 0.108. The molecule has 15 heteroatoms. The Bertz CT molecular complexity index is 1490. The number of nitrogens with one attached hydrogen (secondary N) is 2. The van der Waals surface area contributed by atoms with Crippen molar-refractivity contribution in [1.82, 2.24) is 15.3 Å². The molecule has 0 saturated heterocycles. The topological polar surface area (TPSA) is 211 Å². The highest BCUT2D eigenvalue weighted by Gasteiger charge is 2.35. The fourth-order valence-electron chi connectivity index (χ4n) is 4.59. The van der Waals surface area contributed by atoms with E-state index >= 15 is 0 Å². The molecule has 1 aliphatic rings. The molecule has 13 nitrogen and oxygen atoms in total. The first kappa shape index (κ1) is 31.7. The normalized spacial score (nSPS) is 17.1. The molecule has 0 radical (unpaired) electrons. The van der Waals surface area contributed by atoms with Crippen LogP contribution in [0.4, 0.5) is 9.52 Å². The third-order valence-corrected chi connectivity index (χ3v) is 7.50. The van der Waals surface area contributed by atoms with Crippen LogP contribution in [0.15, 0.2) is 53.8 Å². The fraction of sp³-hybridized carbons (Fsp3) is 0.321. The van der Waals surface area contributed by atoms with Crippen molar-refractivity contribution in [2.45, 2.75) is 31.3 Å². The Labute approximate surface area is 251 Å². The Balaban J connectivity index is 1.62. The zero-order valence-corrected chi connectivity index (χ0v) is 24.2. The smallest absolute Gasteiger partial charge is 0.338 e. The summed E-state index contributed by atoms with van der Waals surface area (Å²) < 4.78 is 26.5. The predicted octanol–water partition coefficient (Wildman–Crippen LogP) is 1.84. The van der Waals surface area contributed by atoms with Crippen LogP contribution in [0, 0.1) is 5.82 Å². The van der Waals surface area contributed by atoms with E-state index in [1.807, 2.05) is 6.92 Å². The second kappa shape index (κ2) is 13.8. The summed E-state index contributed by atoms with van der Waals surface area (Å²) >= 11 is 1.31. The first-order valence-electron chi connectivity index (χ1n) is 13.3. The lowest BCUT2D eigenvalue weighted by Gasteiger charge is -2.37. The Morgan fingerprint density at radius 2 is 2.12 bits per heavy atom. The van der Waals surface area contributed by atoms with Crippen LogP contribution in [0.25, 0.3) is 0 Å². The summed E-state index contributed by atoms with van der Waals surface area (Å²) in [5, 5.41) is 28.1. The molecule has 3 aromatic rings. The minimum absolute atomic E-state index is 0.0495. The maximum atomic E-state index is 14.5. The molecule has 1 amide bonds. The van der Waals surface area contributed by atoms with Gasteiger partial charge >= 0.3 is 5.97 Å². The van der Waals surface area contributed by atoms with Gasteiger partial charge in [0.1, 0.15) is 18.2 Å². The Hall–Kier alpha value is -4.28. The number of carboxylic acid groups (broad SMARTS) is 1. The molecule has 2 atom stereocenters. The van der Waals surface area contributed by atoms with Crippen LogP contribution in [0.2, 0.25) is 0 Å². The minimum Gasteiger partial charge on any atom is -0.488 e. The number of anilines is 1. The lowest BCUT2D eigenvalue weighted by Crippen LogP contribution is -2.47. The predicted molar refractivity (Wildman–Crippen MR) is 158 cm³/mol. The maximum absolute atomic E-state index is 14.5. The number of aliphatic hydroxyl groups excluding tert-OH is 1. The molecule has 1 unspecified atom stereocenters. The highest BCUT2D eigenvalue weighted by molar-refractivity contribution is 7.13. The van der Waals surface area contributed by atoms with Gasteiger partial charge in [-0.2, -0.15) is 0 Å². The van der Waals surface area contributed by atoms with Crippen molar-refractivity contribution >= 4 is 28.3 Å². The zero-order valence-electron chi connectivity index (χ0n) is 23.4. The van der Waals surface area contributed by atoms with Crippen LogP contribution in [0.3, 0.4) is 0 Å². The van der Waals surface area contributed by atoms with Gasteiger partial charge in [-0.15, -0.1) is 11.3 Å². The molecule has 2 heterocycles. The van der Waals surface area contributed by atoms with E-state index in [0.29, 0.717) is 23.8 Å². The minimum atomic E-state index is -1.40. The molecule has 43 heavy (non-hydrogen) atoms. The molecule has 230 valence electrons. The summed E-state index contributed by atoms with van der Waals surface area (Å²) in [6.07, 6.45) is 3.73. The molecule has 2 aromatic carbocycles. The van der Waals surface area contributed by atoms with E-state index in [1.165, 1.54) is 28.6 Å². The number of hydrazine groups is 1. The largest absolute Gasteiger partial charge is 0.488 e. The van der Waals surface area contributed by atoms with E-state index in [2.05, 4.69) is 15.6 Å². The highest BCUT2D eigenvalue weighted by Crippen LogP contribution is 2.41. The summed E-state index contributed by atoms with van der Waals surface area (Å²) in [5.41, 5.74) is 12.1. The van der Waals surface area contributed by atoms with Crippen LogP contribution in [0.5, 0.6) is 17.2 Å². The number of rotatable bonds is 13. The van der Waals surface area contributed by atoms with Gasteiger partial charge in [0.05, 0.1) is 24.8 Å². The standard InChI is InChI=1S/C28H34FN7O6S/c1-28(13-25(38)35-27-33-6-9-43-27)19-12-24(42-17-2-3-18(26(39)40)20(29)11-17)23(10-16(19)4-5-34-28)41-8-7-36(32)14-21(30)22(31)15-37/h2-3,6,9-12,14,22,34,37H,4-5,7-8,13,15,30-32H2,1H3,(H,39,40)(H,33,35,38)/b21-14-/t22?,28-/m1/s1. The van der Waals surface area contributed by atoms with Crippen molar-refractivity contribution in [3.63, 3.8) is 0 Å². The van der Waals surface area contributed by atoms with Gasteiger partial charge in [-0.05, 0) is 48.7 Å². The number of thiazole rings is 1. The highest BCUT2D eigenvalue weighted by atomic mass is 32.1. The van der Waals surface area contributed by atoms with Crippen molar-refractivity contribution < 1.29 is 33.7 Å². The number of aromatic carboxylic acids is 1. The summed E-state index contributed by atoms with van der Waals surface area (Å²) in [4.78, 5) is 28.3. The number of hydrogen-bond donors (Lipinski definition) is 7. The molecule has 0 bridgehead atoms. The third-order valence-electron chi connectivity index (χ3n) is 6.81. The molecule has 0 spiro atoms. The number of ether oxygens (including phenoxy) is 2. The maximum Gasteiger partial charge on any atom is 0.338 e. The number of nitrogens with zero attached hydrogens (tertiary/aromatic N) is 2. The number of halogens is 1. The zero-order chi connectivity index (χ0) is 31.1. The van der Waals surface area contributed by atoms with Gasteiger partial charge in [0.25, 0.3) is 0 Å². The van der Waals surface area contributed by atoms with Gasteiger partial charge in [0.2, 0.25) is 5.91 Å². The van der Waals surface area contributed by atoms with Crippen LogP contribution in [-0.4, -0.2) is 64.4 Å². The van der Waals surface area contributed by atoms with E-state index in [4.69, 9.17) is 31.9 Å². The molecule has 1 aliphatic heterocycles. The van der Waals surface area contributed by atoms with Crippen molar-refractivity contribution in [2.24, 2.45) is 17.3 Å². The summed E-state index contributed by atoms with van der Waals surface area (Å²) in [7, 11) is 0. The number of aromatic nitrogens is 1. The van der Waals surface area contributed by atoms with Crippen molar-refractivity contribution in [3.05, 3.63) is 76.3 Å². The van der Waals surface area contributed by atoms with Crippen molar-refractivity contribution in [2.75, 3.05) is 31.6 Å². The Morgan fingerprint density at radius 1 is 1.33 bits per heavy atom. The lowest BCUT2D eigenvalue weighted by molar-refractivity contribution is -0.117. The van der Waals surface area contributed by atoms with E-state index in [9.17, 15) is 19.1 Å². The molecular weight excluding hydrogens is 581 g/mol. The number of carbonyl (C=O) groups excluding carboxylic acids is 1. The molecule has 0 saturated carbocycles. The molecule has 0 fully saturated rings. The van der Waals surface area contributed by atoms with E-state index in [1.54, 1.807) is 23.7 Å². The fourth-order valence-corrected chi connectivity index (χ4v) is 5.13. The van der Waals surface area contributed by atoms with Gasteiger partial charge < -0.3 is 46.8 Å². The second-order valence-electron chi connectivity index (χ2n) is 10.1. The number of nitrogens with two attached hydrogens (primary N) is 3. The van der Waals surface area contributed by atoms with Crippen LogP contribution < -0.4 is 37.4 Å². The number of benzene rings is 2. The molecule has 4 rings (SSSR count). The van der Waals surface area contributed by atoms with Crippen molar-refractivity contribution in [3.8, 4) is 17.2 Å². The van der Waals surface area contributed by atoms with Crippen LogP contribution in [0.1, 0.15) is 34.8 Å². The summed E-state index contributed by atoms with van der Waals surface area (Å²) in [5.74, 6) is 3.98. The third kappa shape index (κ3) is 7.97. The number of aliphatic hydroxyl groups is 1. The van der Waals surface area contributed by atoms with Gasteiger partial charge in [-0.25, -0.2) is 20.0 Å². The Kier molecular flexibility index (Phi) is 10.2. The molecular formula is C28H34FN7O6S. The van der Waals surface area contributed by atoms with Gasteiger partial charge in [0.15, 0.2) is 16.6 Å². The Morgan fingerprint density at radius 3 is 2.79 bits per heavy atom. The molecule has 10 N–H and O–H groups in total. The van der Waals surface area contributed by atoms with Gasteiger partial charge in [-0.3, -0.25) is 4.79 Å². The van der Waals surface area contributed by atoms with Gasteiger partial charge in [-0.1, -0.05) is 0 Å². The number of amides is 1. The monoisotopic (exact) mass is 615 g/mol. The number of fused-ring (bicyclic) bond motifs is 1. The first-order chi connectivity index (χ1) is 20.5. The first-order valence-corrected chi connectivity index (χ1v) is 14.2. The SMILES string of the molecule is C[C@]1(CC(=O)Nc2nccs2)NCCc2cc(OCCN(N)/C=C(\N)C(N)CO)c(Oc3ccc(C(=O)O)c(F)c3)cc21. The van der Waals surface area contributed by atoms with E-state index in [0.717, 1.165) is 23.3 Å². The lowest BCUT2D eigenvalue weighted by atomic mass is 9.81. The second-order valence-corrected chi connectivity index (χ2v) is 11.0. The average molecular weight is 616 g/mol. The number of hydrogen-bond acceptors (Lipinski definition) is 12. The van der Waals surface area contributed by atoms with Gasteiger partial charge in [0, 0.05) is 48.0 Å². The number of carboxylic acids is 1. The van der Waals surface area contributed by atoms with Crippen LogP contribution in [-0.2, 0) is 16.8 Å². The molecule has 1 aromatic heterocycles. The van der Waals surface area contributed by atoms with Crippen LogP contribution >= 0.6 is 11.3 Å². The number of carbonyl (C=O) groups is 2. The van der Waals surface area contributed by atoms with E-state index < -0.39 is 28.9 Å². The molecule has 0 aliphatic carbocycles. The van der Waals surface area contributed by atoms with Crippen molar-refractivity contribution in [1.29, 1.82) is 0 Å².